The Morgan fingerprint density at radius 3 is 2.28 bits per heavy atom. The van der Waals surface area contributed by atoms with E-state index in [1.54, 1.807) is 12.1 Å². The fraction of sp³-hybridized carbons (Fsp3) is 0.273. The van der Waals surface area contributed by atoms with Gasteiger partial charge < -0.3 is 10.2 Å². The van der Waals surface area contributed by atoms with Crippen LogP contribution in [0.25, 0.3) is 0 Å². The predicted molar refractivity (Wildman–Crippen MR) is 120 cm³/mol. The highest BCUT2D eigenvalue weighted by molar-refractivity contribution is 7.92. The molecule has 0 aliphatic carbocycles. The fourth-order valence-corrected chi connectivity index (χ4v) is 4.67. The summed E-state index contributed by atoms with van der Waals surface area (Å²) in [6, 6.07) is 10.6. The largest absolute Gasteiger partial charge is 0.356 e. The molecule has 1 aliphatic rings. The number of rotatable bonds is 6. The zero-order chi connectivity index (χ0) is 22.7. The summed E-state index contributed by atoms with van der Waals surface area (Å²) in [5, 5.41) is 3.13. The molecule has 10 heteroatoms. The minimum absolute atomic E-state index is 0.235. The van der Waals surface area contributed by atoms with Crippen molar-refractivity contribution in [1.82, 2.24) is 9.97 Å². The van der Waals surface area contributed by atoms with Gasteiger partial charge in [0.2, 0.25) is 5.95 Å². The average molecular weight is 460 g/mol. The maximum absolute atomic E-state index is 13.9. The van der Waals surface area contributed by atoms with Crippen LogP contribution in [0.3, 0.4) is 0 Å². The normalized spacial score (nSPS) is 14.3. The first-order chi connectivity index (χ1) is 15.3. The number of hydrogen-bond donors (Lipinski definition) is 2. The van der Waals surface area contributed by atoms with Gasteiger partial charge in [0.1, 0.15) is 22.3 Å². The monoisotopic (exact) mass is 459 g/mol. The molecule has 2 N–H and O–H groups in total. The predicted octanol–water partition coefficient (Wildman–Crippen LogP) is 4.60. The Bertz CT molecular complexity index is 1210. The van der Waals surface area contributed by atoms with E-state index in [-0.39, 0.29) is 5.69 Å². The second-order valence-corrected chi connectivity index (χ2v) is 9.27. The molecular formula is C22H23F2N5O2S. The Balaban J connectivity index is 1.48. The molecule has 1 aliphatic heterocycles. The van der Waals surface area contributed by atoms with Gasteiger partial charge >= 0.3 is 0 Å². The number of nitrogens with zero attached hydrogens (tertiary/aromatic N) is 3. The lowest BCUT2D eigenvalue weighted by Crippen LogP contribution is -2.30. The number of anilines is 4. The maximum Gasteiger partial charge on any atom is 0.264 e. The Hall–Kier alpha value is -3.27. The highest BCUT2D eigenvalue weighted by Crippen LogP contribution is 2.24. The van der Waals surface area contributed by atoms with E-state index in [2.05, 4.69) is 24.9 Å². The standard InChI is InChI=1S/C22H23F2N5O2S/c1-15-13-21(29-11-3-2-4-12-29)27-22(25-15)26-17-6-8-18(9-7-17)28-32(30,31)20-10-5-16(23)14-19(20)24/h5-10,13-14,28H,2-4,11-12H2,1H3,(H,25,26,27). The lowest BCUT2D eigenvalue weighted by molar-refractivity contribution is 0.551. The Labute approximate surface area is 185 Å². The smallest absolute Gasteiger partial charge is 0.264 e. The third kappa shape index (κ3) is 5.13. The SMILES string of the molecule is Cc1cc(N2CCCCC2)nc(Nc2ccc(NS(=O)(=O)c3ccc(F)cc3F)cc2)n1. The van der Waals surface area contributed by atoms with Gasteiger partial charge in [-0.15, -0.1) is 0 Å². The van der Waals surface area contributed by atoms with Crippen LogP contribution in [0, 0.1) is 18.6 Å². The van der Waals surface area contributed by atoms with Gasteiger partial charge in [-0.3, -0.25) is 4.72 Å². The van der Waals surface area contributed by atoms with Crippen LogP contribution in [0.4, 0.5) is 31.9 Å². The van der Waals surface area contributed by atoms with Crippen LogP contribution in [0.2, 0.25) is 0 Å². The molecule has 0 radical (unpaired) electrons. The molecule has 7 nitrogen and oxygen atoms in total. The molecule has 168 valence electrons. The van der Waals surface area contributed by atoms with Gasteiger partial charge in [-0.1, -0.05) is 0 Å². The number of nitrogens with one attached hydrogen (secondary N) is 2. The van der Waals surface area contributed by atoms with E-state index >= 15 is 0 Å². The van der Waals surface area contributed by atoms with Gasteiger partial charge in [0, 0.05) is 42.3 Å². The molecule has 2 heterocycles. The summed E-state index contributed by atoms with van der Waals surface area (Å²) in [6.45, 7) is 3.85. The summed E-state index contributed by atoms with van der Waals surface area (Å²) in [7, 11) is -4.20. The molecule has 0 atom stereocenters. The summed E-state index contributed by atoms with van der Waals surface area (Å²) in [5.74, 6) is -0.673. The number of piperidine rings is 1. The third-order valence-electron chi connectivity index (χ3n) is 5.10. The van der Waals surface area contributed by atoms with Gasteiger partial charge in [-0.2, -0.15) is 4.98 Å². The van der Waals surface area contributed by atoms with Crippen molar-refractivity contribution in [3.8, 4) is 0 Å². The molecule has 2 aromatic carbocycles. The quantitative estimate of drug-likeness (QED) is 0.560. The lowest BCUT2D eigenvalue weighted by atomic mass is 10.1. The van der Waals surface area contributed by atoms with E-state index in [9.17, 15) is 17.2 Å². The number of halogens is 2. The first kappa shape index (κ1) is 21.9. The zero-order valence-electron chi connectivity index (χ0n) is 17.5. The molecule has 0 amide bonds. The topological polar surface area (TPSA) is 87.2 Å². The zero-order valence-corrected chi connectivity index (χ0v) is 18.3. The van der Waals surface area contributed by atoms with E-state index in [0.29, 0.717) is 17.7 Å². The molecule has 3 aromatic rings. The molecular weight excluding hydrogens is 436 g/mol. The molecule has 1 saturated heterocycles. The fourth-order valence-electron chi connectivity index (χ4n) is 3.55. The van der Waals surface area contributed by atoms with Crippen LogP contribution < -0.4 is 14.9 Å². The van der Waals surface area contributed by atoms with Gasteiger partial charge in [0.05, 0.1) is 0 Å². The molecule has 0 spiro atoms. The summed E-state index contributed by atoms with van der Waals surface area (Å²) < 4.78 is 54.1. The summed E-state index contributed by atoms with van der Waals surface area (Å²) in [6.07, 6.45) is 3.52. The van der Waals surface area contributed by atoms with Crippen molar-refractivity contribution in [2.75, 3.05) is 28.0 Å². The van der Waals surface area contributed by atoms with Crippen LogP contribution in [-0.2, 0) is 10.0 Å². The van der Waals surface area contributed by atoms with Crippen molar-refractivity contribution in [2.24, 2.45) is 0 Å². The van der Waals surface area contributed by atoms with Crippen molar-refractivity contribution >= 4 is 33.2 Å². The minimum Gasteiger partial charge on any atom is -0.356 e. The van der Waals surface area contributed by atoms with Crippen LogP contribution in [-0.4, -0.2) is 31.5 Å². The van der Waals surface area contributed by atoms with Gasteiger partial charge in [-0.05, 0) is 62.6 Å². The first-order valence-corrected chi connectivity index (χ1v) is 11.7. The lowest BCUT2D eigenvalue weighted by Gasteiger charge is -2.28. The molecule has 0 saturated carbocycles. The second kappa shape index (κ2) is 9.07. The molecule has 4 rings (SSSR count). The van der Waals surface area contributed by atoms with E-state index in [1.165, 1.54) is 18.6 Å². The Kier molecular flexibility index (Phi) is 6.22. The number of aryl methyl sites for hydroxylation is 1. The number of aromatic nitrogens is 2. The van der Waals surface area contributed by atoms with Crippen LogP contribution in [0.15, 0.2) is 53.4 Å². The summed E-state index contributed by atoms with van der Waals surface area (Å²) in [4.78, 5) is 10.7. The van der Waals surface area contributed by atoms with Crippen molar-refractivity contribution in [2.45, 2.75) is 31.1 Å². The van der Waals surface area contributed by atoms with E-state index in [4.69, 9.17) is 0 Å². The van der Waals surface area contributed by atoms with Crippen molar-refractivity contribution in [1.29, 1.82) is 0 Å². The number of sulfonamides is 1. The molecule has 0 unspecified atom stereocenters. The summed E-state index contributed by atoms with van der Waals surface area (Å²) in [5.41, 5.74) is 1.74. The van der Waals surface area contributed by atoms with E-state index in [0.717, 1.165) is 49.6 Å². The molecule has 1 fully saturated rings. The number of benzene rings is 2. The van der Waals surface area contributed by atoms with Crippen LogP contribution in [0.1, 0.15) is 25.0 Å². The van der Waals surface area contributed by atoms with Gasteiger partial charge in [0.25, 0.3) is 10.0 Å². The third-order valence-corrected chi connectivity index (χ3v) is 6.51. The van der Waals surface area contributed by atoms with Crippen molar-refractivity contribution < 1.29 is 17.2 Å². The Morgan fingerprint density at radius 1 is 0.906 bits per heavy atom. The van der Waals surface area contributed by atoms with Gasteiger partial charge in [-0.25, -0.2) is 22.2 Å². The van der Waals surface area contributed by atoms with Gasteiger partial charge in [0.15, 0.2) is 0 Å². The van der Waals surface area contributed by atoms with E-state index in [1.807, 2.05) is 13.0 Å². The molecule has 0 bridgehead atoms. The van der Waals surface area contributed by atoms with Crippen LogP contribution in [0.5, 0.6) is 0 Å². The van der Waals surface area contributed by atoms with E-state index < -0.39 is 26.6 Å². The van der Waals surface area contributed by atoms with Crippen molar-refractivity contribution in [3.63, 3.8) is 0 Å². The maximum atomic E-state index is 13.9. The van der Waals surface area contributed by atoms with Crippen LogP contribution >= 0.6 is 0 Å². The second-order valence-electron chi connectivity index (χ2n) is 7.62. The highest BCUT2D eigenvalue weighted by Gasteiger charge is 2.20. The number of hydrogen-bond acceptors (Lipinski definition) is 6. The Morgan fingerprint density at radius 2 is 1.59 bits per heavy atom. The highest BCUT2D eigenvalue weighted by atomic mass is 32.2. The molecule has 1 aromatic heterocycles. The first-order valence-electron chi connectivity index (χ1n) is 10.3. The molecule has 32 heavy (non-hydrogen) atoms. The summed E-state index contributed by atoms with van der Waals surface area (Å²) >= 11 is 0. The average Bonchev–Trinajstić information content (AvgIpc) is 2.75. The van der Waals surface area contributed by atoms with Crippen molar-refractivity contribution in [3.05, 3.63) is 65.9 Å². The minimum atomic E-state index is -4.20.